The molecule has 0 unspecified atom stereocenters. The van der Waals surface area contributed by atoms with Gasteiger partial charge in [0.25, 0.3) is 0 Å². The maximum absolute atomic E-state index is 12.7. The van der Waals surface area contributed by atoms with Gasteiger partial charge >= 0.3 is 0 Å². The highest BCUT2D eigenvalue weighted by Gasteiger charge is 2.28. The van der Waals surface area contributed by atoms with Gasteiger partial charge in [-0.3, -0.25) is 4.79 Å². The second-order valence-electron chi connectivity index (χ2n) is 8.64. The lowest BCUT2D eigenvalue weighted by Crippen LogP contribution is -2.39. The summed E-state index contributed by atoms with van der Waals surface area (Å²) in [6, 6.07) is 19.2. The third-order valence-corrected chi connectivity index (χ3v) is 7.91. The van der Waals surface area contributed by atoms with Crippen molar-refractivity contribution >= 4 is 30.8 Å². The fourth-order valence-corrected chi connectivity index (χ4v) is 6.41. The van der Waals surface area contributed by atoms with Crippen LogP contribution in [0.3, 0.4) is 0 Å². The number of rotatable bonds is 6. The lowest BCUT2D eigenvalue weighted by molar-refractivity contribution is -0.126. The minimum absolute atomic E-state index is 0.158. The van der Waals surface area contributed by atoms with Crippen LogP contribution >= 0.6 is 11.8 Å². The lowest BCUT2D eigenvalue weighted by Gasteiger charge is -2.25. The van der Waals surface area contributed by atoms with E-state index >= 15 is 0 Å². The Labute approximate surface area is 158 Å². The summed E-state index contributed by atoms with van der Waals surface area (Å²) in [5.74, 6) is 0.319. The number of thioether (sulfide) groups is 1. The molecular weight excluding hydrogens is 340 g/mol. The van der Waals surface area contributed by atoms with E-state index in [-0.39, 0.29) is 10.7 Å². The zero-order valence-electron chi connectivity index (χ0n) is 16.3. The Morgan fingerprint density at radius 2 is 1.52 bits per heavy atom. The fraction of sp³-hybridized carbons (Fsp3) is 0.409. The molecule has 3 heteroatoms. The average Bonchev–Trinajstić information content (AvgIpc) is 2.53. The zero-order valence-corrected chi connectivity index (χ0v) is 18.1. The van der Waals surface area contributed by atoms with Crippen molar-refractivity contribution in [3.63, 3.8) is 0 Å². The summed E-state index contributed by atoms with van der Waals surface area (Å²) in [6.07, 6.45) is 0.568. The molecule has 134 valence electrons. The third kappa shape index (κ3) is 5.58. The van der Waals surface area contributed by atoms with E-state index < -0.39 is 8.07 Å². The first-order chi connectivity index (χ1) is 11.6. The van der Waals surface area contributed by atoms with Crippen molar-refractivity contribution in [2.24, 2.45) is 5.41 Å². The summed E-state index contributed by atoms with van der Waals surface area (Å²) >= 11 is 1.85. The Balaban J connectivity index is 2.37. The van der Waals surface area contributed by atoms with Gasteiger partial charge in [0.2, 0.25) is 0 Å². The molecular formula is C22H30OSSi. The molecule has 0 saturated heterocycles. The second kappa shape index (κ2) is 7.92. The molecule has 0 radical (unpaired) electrons. The van der Waals surface area contributed by atoms with Gasteiger partial charge in [-0.25, -0.2) is 0 Å². The predicted molar refractivity (Wildman–Crippen MR) is 114 cm³/mol. The van der Waals surface area contributed by atoms with Gasteiger partial charge in [-0.05, 0) is 16.8 Å². The Bertz CT molecular complexity index is 711. The van der Waals surface area contributed by atoms with E-state index in [4.69, 9.17) is 0 Å². The van der Waals surface area contributed by atoms with E-state index in [9.17, 15) is 4.79 Å². The van der Waals surface area contributed by atoms with Crippen LogP contribution < -0.4 is 5.19 Å². The number of carbonyl (C=O) groups excluding carboxylic acids is 1. The number of hydrogen-bond acceptors (Lipinski definition) is 2. The molecule has 0 aliphatic heterocycles. The van der Waals surface area contributed by atoms with Crippen LogP contribution in [0.4, 0.5) is 0 Å². The van der Waals surface area contributed by atoms with Crippen molar-refractivity contribution in [3.8, 4) is 0 Å². The highest BCUT2D eigenvalue weighted by molar-refractivity contribution is 7.99. The number of hydrogen-bond donors (Lipinski definition) is 0. The molecule has 1 nitrogen and oxygen atoms in total. The molecule has 0 fully saturated rings. The van der Waals surface area contributed by atoms with Crippen LogP contribution in [0.5, 0.6) is 0 Å². The van der Waals surface area contributed by atoms with Gasteiger partial charge < -0.3 is 0 Å². The smallest absolute Gasteiger partial charge is 0.139 e. The van der Waals surface area contributed by atoms with Gasteiger partial charge in [0.15, 0.2) is 0 Å². The molecule has 0 bridgehead atoms. The lowest BCUT2D eigenvalue weighted by atomic mass is 9.87. The number of carbonyl (C=O) groups is 1. The predicted octanol–water partition coefficient (Wildman–Crippen LogP) is 6.07. The SMILES string of the molecule is CC(C)(C)C(=O)C[C@@H](Sc1ccccc1[Si](C)(C)C)c1ccccc1. The van der Waals surface area contributed by atoms with Crippen LogP contribution in [0.25, 0.3) is 0 Å². The van der Waals surface area contributed by atoms with Crippen molar-refractivity contribution in [2.75, 3.05) is 0 Å². The van der Waals surface area contributed by atoms with Gasteiger partial charge in [-0.15, -0.1) is 11.8 Å². The van der Waals surface area contributed by atoms with Crippen LogP contribution in [0.2, 0.25) is 19.6 Å². The minimum Gasteiger partial charge on any atom is -0.299 e. The molecule has 0 aliphatic carbocycles. The summed E-state index contributed by atoms with van der Waals surface area (Å²) < 4.78 is 0. The van der Waals surface area contributed by atoms with Crippen LogP contribution in [0.15, 0.2) is 59.5 Å². The van der Waals surface area contributed by atoms with Crippen molar-refractivity contribution in [2.45, 2.75) is 57.0 Å². The molecule has 0 saturated carbocycles. The standard InChI is InChI=1S/C22H30OSSi/c1-22(2,3)21(23)16-19(17-12-8-7-9-13-17)24-18-14-10-11-15-20(18)25(4,5)6/h7-15,19H,16H2,1-6H3/t19-/m1/s1. The first-order valence-corrected chi connectivity index (χ1v) is 13.3. The maximum atomic E-state index is 12.7. The molecule has 0 aromatic heterocycles. The summed E-state index contributed by atoms with van der Waals surface area (Å²) in [6.45, 7) is 13.2. The Morgan fingerprint density at radius 1 is 0.960 bits per heavy atom. The first kappa shape index (κ1) is 20.0. The highest BCUT2D eigenvalue weighted by atomic mass is 32.2. The van der Waals surface area contributed by atoms with Crippen molar-refractivity contribution < 1.29 is 4.79 Å². The first-order valence-electron chi connectivity index (χ1n) is 8.93. The van der Waals surface area contributed by atoms with Crippen LogP contribution in [-0.4, -0.2) is 13.9 Å². The van der Waals surface area contributed by atoms with Gasteiger partial charge in [-0.1, -0.05) is 88.9 Å². The molecule has 2 aromatic carbocycles. The van der Waals surface area contributed by atoms with Crippen LogP contribution in [0.1, 0.15) is 38.0 Å². The van der Waals surface area contributed by atoms with Crippen molar-refractivity contribution in [1.29, 1.82) is 0 Å². The summed E-state index contributed by atoms with van der Waals surface area (Å²) in [5, 5.41) is 1.63. The Morgan fingerprint density at radius 3 is 2.08 bits per heavy atom. The quantitative estimate of drug-likeness (QED) is 0.453. The molecule has 0 N–H and O–H groups in total. The number of benzene rings is 2. The molecule has 0 spiro atoms. The van der Waals surface area contributed by atoms with E-state index in [1.54, 1.807) is 0 Å². The van der Waals surface area contributed by atoms with Gasteiger partial charge in [-0.2, -0.15) is 0 Å². The van der Waals surface area contributed by atoms with E-state index in [1.807, 2.05) is 38.6 Å². The van der Waals surface area contributed by atoms with E-state index in [0.29, 0.717) is 12.2 Å². The number of Topliss-reactive ketones (excluding diaryl/α,β-unsaturated/α-hetero) is 1. The maximum Gasteiger partial charge on any atom is 0.139 e. The molecule has 2 rings (SSSR count). The van der Waals surface area contributed by atoms with Crippen molar-refractivity contribution in [1.82, 2.24) is 0 Å². The molecule has 25 heavy (non-hydrogen) atoms. The monoisotopic (exact) mass is 370 g/mol. The van der Waals surface area contributed by atoms with E-state index in [0.717, 1.165) is 0 Å². The van der Waals surface area contributed by atoms with Gasteiger partial charge in [0, 0.05) is 22.0 Å². The Hall–Kier alpha value is -1.32. The fourth-order valence-electron chi connectivity index (χ4n) is 2.71. The van der Waals surface area contributed by atoms with Crippen LogP contribution in [-0.2, 0) is 4.79 Å². The van der Waals surface area contributed by atoms with Gasteiger partial charge in [0.05, 0.1) is 8.07 Å². The third-order valence-electron chi connectivity index (χ3n) is 4.34. The van der Waals surface area contributed by atoms with E-state index in [2.05, 4.69) is 68.2 Å². The van der Waals surface area contributed by atoms with Gasteiger partial charge in [0.1, 0.15) is 5.78 Å². The second-order valence-corrected chi connectivity index (χ2v) is 14.9. The topological polar surface area (TPSA) is 17.1 Å². The summed E-state index contributed by atoms with van der Waals surface area (Å²) in [5.41, 5.74) is 0.932. The summed E-state index contributed by atoms with van der Waals surface area (Å²) in [7, 11) is -1.43. The molecule has 0 aliphatic rings. The molecule has 0 heterocycles. The normalized spacial score (nSPS) is 13.5. The van der Waals surface area contributed by atoms with Crippen molar-refractivity contribution in [3.05, 3.63) is 60.2 Å². The van der Waals surface area contributed by atoms with E-state index in [1.165, 1.54) is 15.6 Å². The molecule has 2 aromatic rings. The largest absolute Gasteiger partial charge is 0.299 e. The summed E-state index contributed by atoms with van der Waals surface area (Å²) in [4.78, 5) is 14.0. The average molecular weight is 371 g/mol. The molecule has 1 atom stereocenters. The zero-order chi connectivity index (χ0) is 18.7. The minimum atomic E-state index is -1.43. The number of ketones is 1. The van der Waals surface area contributed by atoms with Crippen LogP contribution in [0, 0.1) is 5.41 Å². The molecule has 0 amide bonds. The highest BCUT2D eigenvalue weighted by Crippen LogP contribution is 2.39. The Kier molecular flexibility index (Phi) is 6.34.